The van der Waals surface area contributed by atoms with E-state index >= 15 is 0 Å². The van der Waals surface area contributed by atoms with Gasteiger partial charge in [0, 0.05) is 18.7 Å². The summed E-state index contributed by atoms with van der Waals surface area (Å²) in [7, 11) is 0. The number of benzene rings is 1. The number of ketones is 1. The van der Waals surface area contributed by atoms with Gasteiger partial charge in [-0.1, -0.05) is 20.8 Å². The van der Waals surface area contributed by atoms with Crippen LogP contribution in [0.1, 0.15) is 43.1 Å². The molecular formula is C13H14N2O3. The van der Waals surface area contributed by atoms with Crippen LogP contribution >= 0.6 is 0 Å². The van der Waals surface area contributed by atoms with E-state index in [1.54, 1.807) is 6.07 Å². The average Bonchev–Trinajstić information content (AvgIpc) is 2.27. The average molecular weight is 246 g/mol. The second kappa shape index (κ2) is 4.01. The maximum absolute atomic E-state index is 11.8. The number of fused-ring (bicyclic) bond motifs is 1. The number of nitro groups is 1. The standard InChI is InChI=1S/C13H14N2O3/c1-13(2,3)8-6-9-11(16)4-5-14-12(9)10(7-8)15(17)18/h5-7H,4H2,1-3H3. The van der Waals surface area contributed by atoms with Crippen molar-refractivity contribution >= 4 is 23.4 Å². The number of nitro benzene ring substituents is 1. The van der Waals surface area contributed by atoms with Crippen molar-refractivity contribution in [1.29, 1.82) is 0 Å². The van der Waals surface area contributed by atoms with Crippen LogP contribution in [0.5, 0.6) is 0 Å². The van der Waals surface area contributed by atoms with Gasteiger partial charge in [-0.3, -0.25) is 19.9 Å². The number of hydrogen-bond donors (Lipinski definition) is 0. The predicted molar refractivity (Wildman–Crippen MR) is 68.9 cm³/mol. The zero-order valence-corrected chi connectivity index (χ0v) is 10.6. The Morgan fingerprint density at radius 1 is 1.33 bits per heavy atom. The third-order valence-electron chi connectivity index (χ3n) is 2.95. The lowest BCUT2D eigenvalue weighted by atomic mass is 9.84. The summed E-state index contributed by atoms with van der Waals surface area (Å²) in [4.78, 5) is 26.4. The molecule has 1 aromatic carbocycles. The molecular weight excluding hydrogens is 232 g/mol. The van der Waals surface area contributed by atoms with E-state index in [9.17, 15) is 14.9 Å². The first kappa shape index (κ1) is 12.4. The summed E-state index contributed by atoms with van der Waals surface area (Å²) in [5, 5.41) is 11.1. The molecule has 0 spiro atoms. The minimum atomic E-state index is -0.482. The Kier molecular flexibility index (Phi) is 2.77. The number of nitrogens with zero attached hydrogens (tertiary/aromatic N) is 2. The van der Waals surface area contributed by atoms with Gasteiger partial charge < -0.3 is 0 Å². The van der Waals surface area contributed by atoms with Gasteiger partial charge in [-0.15, -0.1) is 0 Å². The topological polar surface area (TPSA) is 72.6 Å². The first-order valence-electron chi connectivity index (χ1n) is 5.69. The van der Waals surface area contributed by atoms with Crippen molar-refractivity contribution in [3.8, 4) is 0 Å². The summed E-state index contributed by atoms with van der Waals surface area (Å²) < 4.78 is 0. The van der Waals surface area contributed by atoms with Gasteiger partial charge in [0.15, 0.2) is 11.5 Å². The summed E-state index contributed by atoms with van der Waals surface area (Å²) in [6.45, 7) is 5.86. The molecule has 2 rings (SSSR count). The van der Waals surface area contributed by atoms with E-state index < -0.39 is 4.92 Å². The lowest BCUT2D eigenvalue weighted by molar-refractivity contribution is -0.384. The van der Waals surface area contributed by atoms with Crippen molar-refractivity contribution in [2.45, 2.75) is 32.6 Å². The minimum Gasteiger partial charge on any atom is -0.294 e. The quantitative estimate of drug-likeness (QED) is 0.564. The van der Waals surface area contributed by atoms with E-state index in [1.807, 2.05) is 20.8 Å². The Morgan fingerprint density at radius 2 is 2.00 bits per heavy atom. The highest BCUT2D eigenvalue weighted by atomic mass is 16.6. The van der Waals surface area contributed by atoms with Crippen molar-refractivity contribution in [3.63, 3.8) is 0 Å². The molecule has 0 saturated heterocycles. The Labute approximate surface area is 105 Å². The van der Waals surface area contributed by atoms with E-state index in [1.165, 1.54) is 12.3 Å². The zero-order valence-electron chi connectivity index (χ0n) is 10.6. The van der Waals surface area contributed by atoms with Crippen molar-refractivity contribution in [1.82, 2.24) is 0 Å². The van der Waals surface area contributed by atoms with Crippen LogP contribution < -0.4 is 0 Å². The molecule has 0 bridgehead atoms. The number of rotatable bonds is 1. The highest BCUT2D eigenvalue weighted by Crippen LogP contribution is 2.38. The summed E-state index contributed by atoms with van der Waals surface area (Å²) in [5.41, 5.74) is 0.974. The molecule has 0 aromatic heterocycles. The molecule has 1 aliphatic heterocycles. The van der Waals surface area contributed by atoms with Crippen LogP contribution in [0.3, 0.4) is 0 Å². The SMILES string of the molecule is CC(C)(C)c1cc2c(c([N+](=O)[O-])c1)N=CCC2=O. The fraction of sp³-hybridized carbons (Fsp3) is 0.385. The van der Waals surface area contributed by atoms with Gasteiger partial charge in [0.05, 0.1) is 10.5 Å². The number of Topliss-reactive ketones (excluding diaryl/α,β-unsaturated/α-hetero) is 1. The smallest absolute Gasteiger partial charge is 0.294 e. The third kappa shape index (κ3) is 2.03. The second-order valence-electron chi connectivity index (χ2n) is 5.34. The number of carbonyl (C=O) groups is 1. The molecule has 0 unspecified atom stereocenters. The van der Waals surface area contributed by atoms with E-state index in [-0.39, 0.29) is 29.0 Å². The van der Waals surface area contributed by atoms with E-state index in [4.69, 9.17) is 0 Å². The van der Waals surface area contributed by atoms with Gasteiger partial charge in [-0.25, -0.2) is 0 Å². The molecule has 0 fully saturated rings. The first-order chi connectivity index (χ1) is 8.30. The molecule has 1 aromatic rings. The van der Waals surface area contributed by atoms with Crippen LogP contribution in [-0.2, 0) is 5.41 Å². The summed E-state index contributed by atoms with van der Waals surface area (Å²) in [5.74, 6) is -0.116. The van der Waals surface area contributed by atoms with Crippen LogP contribution in [0, 0.1) is 10.1 Å². The monoisotopic (exact) mass is 246 g/mol. The first-order valence-corrected chi connectivity index (χ1v) is 5.69. The van der Waals surface area contributed by atoms with E-state index in [0.29, 0.717) is 5.56 Å². The third-order valence-corrected chi connectivity index (χ3v) is 2.95. The maximum atomic E-state index is 11.8. The normalized spacial score (nSPS) is 14.5. The van der Waals surface area contributed by atoms with Crippen molar-refractivity contribution < 1.29 is 9.72 Å². The zero-order chi connectivity index (χ0) is 13.5. The maximum Gasteiger partial charge on any atom is 0.295 e. The lowest BCUT2D eigenvalue weighted by Gasteiger charge is -2.21. The van der Waals surface area contributed by atoms with Crippen LogP contribution in [0.25, 0.3) is 0 Å². The number of aliphatic imine (C=N–C) groups is 1. The largest absolute Gasteiger partial charge is 0.295 e. The highest BCUT2D eigenvalue weighted by Gasteiger charge is 2.28. The van der Waals surface area contributed by atoms with Crippen molar-refractivity contribution in [2.75, 3.05) is 0 Å². The molecule has 1 aliphatic rings. The van der Waals surface area contributed by atoms with Gasteiger partial charge in [0.25, 0.3) is 5.69 Å². The Balaban J connectivity index is 2.75. The fourth-order valence-corrected chi connectivity index (χ4v) is 1.87. The lowest BCUT2D eigenvalue weighted by Crippen LogP contribution is -2.15. The molecule has 0 aliphatic carbocycles. The van der Waals surface area contributed by atoms with E-state index in [2.05, 4.69) is 4.99 Å². The Morgan fingerprint density at radius 3 is 2.56 bits per heavy atom. The predicted octanol–water partition coefficient (Wildman–Crippen LogP) is 3.18. The van der Waals surface area contributed by atoms with Crippen LogP contribution in [0.4, 0.5) is 11.4 Å². The van der Waals surface area contributed by atoms with Gasteiger partial charge in [-0.05, 0) is 17.0 Å². The minimum absolute atomic E-state index is 0.0956. The number of hydrogen-bond acceptors (Lipinski definition) is 4. The van der Waals surface area contributed by atoms with Gasteiger partial charge in [-0.2, -0.15) is 0 Å². The summed E-state index contributed by atoms with van der Waals surface area (Å²) >= 11 is 0. The molecule has 0 N–H and O–H groups in total. The summed E-state index contributed by atoms with van der Waals surface area (Å²) in [6.07, 6.45) is 1.63. The molecule has 0 atom stereocenters. The molecule has 0 amide bonds. The van der Waals surface area contributed by atoms with Crippen molar-refractivity contribution in [3.05, 3.63) is 33.4 Å². The van der Waals surface area contributed by atoms with Crippen LogP contribution in [0.2, 0.25) is 0 Å². The second-order valence-corrected chi connectivity index (χ2v) is 5.34. The molecule has 0 radical (unpaired) electrons. The molecule has 1 heterocycles. The molecule has 5 nitrogen and oxygen atoms in total. The number of carbonyl (C=O) groups excluding carboxylic acids is 1. The molecule has 18 heavy (non-hydrogen) atoms. The Bertz CT molecular complexity index is 568. The summed E-state index contributed by atoms with van der Waals surface area (Å²) in [6, 6.07) is 3.23. The van der Waals surface area contributed by atoms with Crippen LogP contribution in [-0.4, -0.2) is 16.9 Å². The molecule has 0 saturated carbocycles. The Hall–Kier alpha value is -2.04. The highest BCUT2D eigenvalue weighted by molar-refractivity contribution is 6.11. The molecule has 5 heteroatoms. The van der Waals surface area contributed by atoms with Gasteiger partial charge >= 0.3 is 0 Å². The van der Waals surface area contributed by atoms with Gasteiger partial charge in [0.1, 0.15) is 0 Å². The van der Waals surface area contributed by atoms with Crippen molar-refractivity contribution in [2.24, 2.45) is 4.99 Å². The molecule has 94 valence electrons. The van der Waals surface area contributed by atoms with Crippen LogP contribution in [0.15, 0.2) is 17.1 Å². The van der Waals surface area contributed by atoms with E-state index in [0.717, 1.165) is 5.56 Å². The fourth-order valence-electron chi connectivity index (χ4n) is 1.87. The van der Waals surface area contributed by atoms with Gasteiger partial charge in [0.2, 0.25) is 0 Å².